The molecular formula is C15H19N5S. The molecule has 0 saturated heterocycles. The van der Waals surface area contributed by atoms with E-state index in [1.165, 1.54) is 17.7 Å². The van der Waals surface area contributed by atoms with E-state index in [1.54, 1.807) is 6.20 Å². The van der Waals surface area contributed by atoms with Crippen LogP contribution in [0.15, 0.2) is 24.8 Å². The number of nitrogens with two attached hydrogens (primary N) is 1. The molecule has 0 amide bonds. The smallest absolute Gasteiger partial charge is 0.136 e. The Bertz CT molecular complexity index is 636. The highest BCUT2D eigenvalue weighted by molar-refractivity contribution is 7.80. The zero-order valence-electron chi connectivity index (χ0n) is 11.9. The number of pyridine rings is 1. The summed E-state index contributed by atoms with van der Waals surface area (Å²) in [6.45, 7) is 1.76. The third kappa shape index (κ3) is 3.21. The number of hydrogen-bond donors (Lipinski definition) is 2. The topological polar surface area (TPSA) is 68.8 Å². The molecule has 3 N–H and O–H groups in total. The van der Waals surface area contributed by atoms with Gasteiger partial charge in [-0.3, -0.25) is 0 Å². The van der Waals surface area contributed by atoms with E-state index in [0.717, 1.165) is 43.7 Å². The number of thiocarbonyl (C=S) groups is 1. The lowest BCUT2D eigenvalue weighted by molar-refractivity contribution is 0.660. The SMILES string of the molecule is NC(=S)c1cc2c(nc1NCCCn1ccnc1)CCC2. The number of aromatic nitrogens is 3. The Morgan fingerprint density at radius 2 is 2.33 bits per heavy atom. The summed E-state index contributed by atoms with van der Waals surface area (Å²) in [6.07, 6.45) is 9.88. The Hall–Kier alpha value is -1.95. The van der Waals surface area contributed by atoms with Crippen LogP contribution in [0.3, 0.4) is 0 Å². The van der Waals surface area contributed by atoms with Gasteiger partial charge in [-0.15, -0.1) is 0 Å². The second-order valence-electron chi connectivity index (χ2n) is 5.29. The molecule has 2 aromatic heterocycles. The van der Waals surface area contributed by atoms with Gasteiger partial charge in [0.05, 0.1) is 11.9 Å². The first-order valence-electron chi connectivity index (χ1n) is 7.26. The van der Waals surface area contributed by atoms with E-state index in [2.05, 4.69) is 20.9 Å². The maximum absolute atomic E-state index is 5.83. The van der Waals surface area contributed by atoms with Crippen molar-refractivity contribution >= 4 is 23.0 Å². The first-order chi connectivity index (χ1) is 10.2. The highest BCUT2D eigenvalue weighted by atomic mass is 32.1. The van der Waals surface area contributed by atoms with E-state index in [9.17, 15) is 0 Å². The highest BCUT2D eigenvalue weighted by Crippen LogP contribution is 2.25. The van der Waals surface area contributed by atoms with E-state index in [0.29, 0.717) is 4.99 Å². The molecule has 110 valence electrons. The zero-order valence-corrected chi connectivity index (χ0v) is 12.7. The molecule has 0 bridgehead atoms. The molecule has 5 nitrogen and oxygen atoms in total. The van der Waals surface area contributed by atoms with E-state index in [1.807, 2.05) is 12.5 Å². The largest absolute Gasteiger partial charge is 0.389 e. The molecule has 0 aliphatic heterocycles. The molecule has 1 aliphatic rings. The van der Waals surface area contributed by atoms with Gasteiger partial charge in [0.25, 0.3) is 0 Å². The summed E-state index contributed by atoms with van der Waals surface area (Å²) in [6, 6.07) is 2.11. The van der Waals surface area contributed by atoms with Crippen molar-refractivity contribution in [2.75, 3.05) is 11.9 Å². The van der Waals surface area contributed by atoms with Crippen molar-refractivity contribution in [3.8, 4) is 0 Å². The second-order valence-corrected chi connectivity index (χ2v) is 5.73. The summed E-state index contributed by atoms with van der Waals surface area (Å²) >= 11 is 5.15. The summed E-state index contributed by atoms with van der Waals surface area (Å²) in [5, 5.41) is 3.37. The van der Waals surface area contributed by atoms with Gasteiger partial charge in [-0.1, -0.05) is 12.2 Å². The Morgan fingerprint density at radius 3 is 3.10 bits per heavy atom. The third-order valence-electron chi connectivity index (χ3n) is 3.76. The Kier molecular flexibility index (Phi) is 4.15. The van der Waals surface area contributed by atoms with Crippen molar-refractivity contribution in [1.82, 2.24) is 14.5 Å². The minimum Gasteiger partial charge on any atom is -0.389 e. The number of fused-ring (bicyclic) bond motifs is 1. The van der Waals surface area contributed by atoms with Crippen molar-refractivity contribution in [2.45, 2.75) is 32.2 Å². The van der Waals surface area contributed by atoms with E-state index in [4.69, 9.17) is 22.9 Å². The number of imidazole rings is 1. The number of anilines is 1. The maximum Gasteiger partial charge on any atom is 0.136 e. The van der Waals surface area contributed by atoms with Crippen molar-refractivity contribution in [1.29, 1.82) is 0 Å². The standard InChI is InChI=1S/C15H19N5S/c16-14(21)12-9-11-3-1-4-13(11)19-15(12)18-5-2-7-20-8-6-17-10-20/h6,8-10H,1-5,7H2,(H2,16,21)(H,18,19). The normalized spacial score (nSPS) is 13.1. The first kappa shape index (κ1) is 14.0. The van der Waals surface area contributed by atoms with Gasteiger partial charge in [0.1, 0.15) is 10.8 Å². The van der Waals surface area contributed by atoms with E-state index in [-0.39, 0.29) is 0 Å². The number of aryl methyl sites for hydroxylation is 3. The third-order valence-corrected chi connectivity index (χ3v) is 3.98. The van der Waals surface area contributed by atoms with Gasteiger partial charge in [0.15, 0.2) is 0 Å². The Labute approximate surface area is 129 Å². The fourth-order valence-corrected chi connectivity index (χ4v) is 2.84. The maximum atomic E-state index is 5.83. The van der Waals surface area contributed by atoms with E-state index < -0.39 is 0 Å². The average Bonchev–Trinajstić information content (AvgIpc) is 3.13. The molecule has 0 spiro atoms. The van der Waals surface area contributed by atoms with Crippen LogP contribution in [-0.2, 0) is 19.4 Å². The molecule has 0 atom stereocenters. The molecule has 0 saturated carbocycles. The first-order valence-corrected chi connectivity index (χ1v) is 7.67. The highest BCUT2D eigenvalue weighted by Gasteiger charge is 2.17. The van der Waals surface area contributed by atoms with Crippen LogP contribution in [0, 0.1) is 0 Å². The van der Waals surface area contributed by atoms with Crippen LogP contribution >= 0.6 is 12.2 Å². The predicted molar refractivity (Wildman–Crippen MR) is 87.5 cm³/mol. The van der Waals surface area contributed by atoms with Crippen LogP contribution in [0.4, 0.5) is 5.82 Å². The molecule has 0 aromatic carbocycles. The number of rotatable bonds is 6. The van der Waals surface area contributed by atoms with Crippen LogP contribution in [0.5, 0.6) is 0 Å². The summed E-state index contributed by atoms with van der Waals surface area (Å²) in [5.74, 6) is 0.828. The lowest BCUT2D eigenvalue weighted by Crippen LogP contribution is -2.17. The molecule has 3 rings (SSSR count). The van der Waals surface area contributed by atoms with Gasteiger partial charge in [0, 0.05) is 31.2 Å². The van der Waals surface area contributed by atoms with Crippen molar-refractivity contribution in [2.24, 2.45) is 5.73 Å². The number of nitrogens with one attached hydrogen (secondary N) is 1. The molecule has 0 fully saturated rings. The fraction of sp³-hybridized carbons (Fsp3) is 0.400. The molecular weight excluding hydrogens is 282 g/mol. The van der Waals surface area contributed by atoms with E-state index >= 15 is 0 Å². The molecule has 0 unspecified atom stereocenters. The van der Waals surface area contributed by atoms with Gasteiger partial charge in [0.2, 0.25) is 0 Å². The summed E-state index contributed by atoms with van der Waals surface area (Å²) in [5.41, 5.74) is 9.18. The van der Waals surface area contributed by atoms with Crippen LogP contribution in [-0.4, -0.2) is 26.1 Å². The van der Waals surface area contributed by atoms with Crippen molar-refractivity contribution in [3.63, 3.8) is 0 Å². The molecule has 1 aliphatic carbocycles. The molecule has 0 radical (unpaired) electrons. The Balaban J connectivity index is 1.65. The van der Waals surface area contributed by atoms with Gasteiger partial charge >= 0.3 is 0 Å². The second kappa shape index (κ2) is 6.22. The summed E-state index contributed by atoms with van der Waals surface area (Å²) in [4.78, 5) is 9.15. The lowest BCUT2D eigenvalue weighted by Gasteiger charge is -2.13. The quantitative estimate of drug-likeness (QED) is 0.630. The zero-order chi connectivity index (χ0) is 14.7. The predicted octanol–water partition coefficient (Wildman–Crippen LogP) is 1.90. The van der Waals surface area contributed by atoms with Crippen LogP contribution < -0.4 is 11.1 Å². The van der Waals surface area contributed by atoms with Gasteiger partial charge in [-0.05, 0) is 37.3 Å². The number of nitrogens with zero attached hydrogens (tertiary/aromatic N) is 3. The summed E-state index contributed by atoms with van der Waals surface area (Å²) < 4.78 is 2.06. The van der Waals surface area contributed by atoms with Gasteiger partial charge < -0.3 is 15.6 Å². The molecule has 2 aromatic rings. The average molecular weight is 301 g/mol. The van der Waals surface area contributed by atoms with Crippen LogP contribution in [0.1, 0.15) is 29.7 Å². The van der Waals surface area contributed by atoms with Crippen molar-refractivity contribution < 1.29 is 0 Å². The van der Waals surface area contributed by atoms with Gasteiger partial charge in [-0.25, -0.2) is 9.97 Å². The fourth-order valence-electron chi connectivity index (χ4n) is 2.68. The minimum atomic E-state index is 0.411. The van der Waals surface area contributed by atoms with Crippen LogP contribution in [0.25, 0.3) is 0 Å². The monoisotopic (exact) mass is 301 g/mol. The molecule has 6 heteroatoms. The van der Waals surface area contributed by atoms with Crippen LogP contribution in [0.2, 0.25) is 0 Å². The Morgan fingerprint density at radius 1 is 1.43 bits per heavy atom. The minimum absolute atomic E-state index is 0.411. The van der Waals surface area contributed by atoms with Gasteiger partial charge in [-0.2, -0.15) is 0 Å². The summed E-state index contributed by atoms with van der Waals surface area (Å²) in [7, 11) is 0. The lowest BCUT2D eigenvalue weighted by atomic mass is 10.1. The molecule has 21 heavy (non-hydrogen) atoms. The number of hydrogen-bond acceptors (Lipinski definition) is 4. The van der Waals surface area contributed by atoms with Crippen molar-refractivity contribution in [3.05, 3.63) is 41.6 Å². The molecule has 2 heterocycles.